The minimum Gasteiger partial charge on any atom is -0.377 e. The monoisotopic (exact) mass is 355 g/mol. The largest absolute Gasteiger partial charge is 0.500 e. The van der Waals surface area contributed by atoms with E-state index in [2.05, 4.69) is 6.92 Å². The Morgan fingerprint density at radius 3 is 1.73 bits per heavy atom. The summed E-state index contributed by atoms with van der Waals surface area (Å²) in [5.41, 5.74) is 5.68. The highest BCUT2D eigenvalue weighted by atomic mass is 28.4. The van der Waals surface area contributed by atoms with Crippen molar-refractivity contribution in [3.05, 3.63) is 0 Å². The fraction of sp³-hybridized carbons (Fsp3) is 1.00. The summed E-state index contributed by atoms with van der Waals surface area (Å²) in [6.07, 6.45) is 1.76. The van der Waals surface area contributed by atoms with Crippen LogP contribution in [0.25, 0.3) is 0 Å². The topological polar surface area (TPSA) is 81.4 Å². The van der Waals surface area contributed by atoms with Gasteiger partial charge in [0.2, 0.25) is 0 Å². The van der Waals surface area contributed by atoms with E-state index in [1.807, 2.05) is 0 Å². The van der Waals surface area contributed by atoms with Gasteiger partial charge in [-0.2, -0.15) is 0 Å². The third-order valence-corrected chi connectivity index (χ3v) is 9.67. The fourth-order valence-corrected chi connectivity index (χ4v) is 6.29. The molecule has 0 aliphatic carbocycles. The highest BCUT2D eigenvalue weighted by molar-refractivity contribution is 6.61. The van der Waals surface area contributed by atoms with Gasteiger partial charge in [-0.05, 0) is 25.3 Å². The Morgan fingerprint density at radius 1 is 0.818 bits per heavy atom. The van der Waals surface area contributed by atoms with E-state index in [9.17, 15) is 0 Å². The smallest absolute Gasteiger partial charge is 0.377 e. The average Bonchev–Trinajstić information content (AvgIpc) is 2.57. The predicted octanol–water partition coefficient (Wildman–Crippen LogP) is 1.49. The zero-order valence-electron chi connectivity index (χ0n) is 14.8. The zero-order chi connectivity index (χ0) is 17.1. The molecule has 0 heterocycles. The van der Waals surface area contributed by atoms with Gasteiger partial charge in [0.15, 0.2) is 0 Å². The van der Waals surface area contributed by atoms with Crippen LogP contribution in [0.3, 0.4) is 0 Å². The quantitative estimate of drug-likeness (QED) is 0.373. The lowest BCUT2D eigenvalue weighted by Crippen LogP contribution is -2.46. The summed E-state index contributed by atoms with van der Waals surface area (Å²) in [6, 6.07) is 1.48. The molecule has 0 saturated carbocycles. The van der Waals surface area contributed by atoms with Crippen LogP contribution in [-0.4, -0.2) is 66.3 Å². The van der Waals surface area contributed by atoms with E-state index in [-0.39, 0.29) is 0 Å². The van der Waals surface area contributed by atoms with Crippen LogP contribution >= 0.6 is 0 Å². The van der Waals surface area contributed by atoms with Crippen molar-refractivity contribution < 1.29 is 26.6 Å². The first kappa shape index (κ1) is 22.2. The summed E-state index contributed by atoms with van der Waals surface area (Å²) >= 11 is 0. The third-order valence-electron chi connectivity index (χ3n) is 3.76. The molecule has 22 heavy (non-hydrogen) atoms. The van der Waals surface area contributed by atoms with E-state index < -0.39 is 17.6 Å². The van der Waals surface area contributed by atoms with Crippen LogP contribution in [-0.2, 0) is 26.6 Å². The Balaban J connectivity index is 4.24. The molecule has 0 aromatic rings. The summed E-state index contributed by atoms with van der Waals surface area (Å²) in [5.74, 6) is 0.307. The highest BCUT2D eigenvalue weighted by Gasteiger charge is 2.40. The molecular formula is C13H33NO6Si2. The standard InChI is InChI=1S/C13H33NO6Si2/c1-13(11-14)12-22(18-5,19-6)20-9-7-8-10-21(15-2,16-3)17-4/h13H,7-12,14H2,1-6H3. The van der Waals surface area contributed by atoms with Crippen molar-refractivity contribution in [3.63, 3.8) is 0 Å². The SMILES string of the molecule is CO[Si](CCCCO[Si](CC(C)CN)(OC)OC)(OC)OC. The molecule has 7 nitrogen and oxygen atoms in total. The van der Waals surface area contributed by atoms with Crippen molar-refractivity contribution >= 4 is 17.6 Å². The summed E-state index contributed by atoms with van der Waals surface area (Å²) in [5, 5.41) is 0. The average molecular weight is 356 g/mol. The van der Waals surface area contributed by atoms with Crippen LogP contribution in [0, 0.1) is 5.92 Å². The lowest BCUT2D eigenvalue weighted by Gasteiger charge is -2.29. The molecular weight excluding hydrogens is 322 g/mol. The number of rotatable bonds is 14. The molecule has 0 amide bonds. The molecule has 1 atom stereocenters. The molecule has 134 valence electrons. The predicted molar refractivity (Wildman–Crippen MR) is 89.6 cm³/mol. The molecule has 0 bridgehead atoms. The molecule has 0 aromatic carbocycles. The van der Waals surface area contributed by atoms with E-state index in [0.717, 1.165) is 24.9 Å². The molecule has 0 aliphatic heterocycles. The number of hydrogen-bond donors (Lipinski definition) is 1. The Bertz CT molecular complexity index is 269. The van der Waals surface area contributed by atoms with Gasteiger partial charge in [0, 0.05) is 54.2 Å². The summed E-state index contributed by atoms with van der Waals surface area (Å²) in [7, 11) is 3.05. The molecule has 1 unspecified atom stereocenters. The number of unbranched alkanes of at least 4 members (excludes halogenated alkanes) is 1. The van der Waals surface area contributed by atoms with Crippen LogP contribution in [0.1, 0.15) is 19.8 Å². The van der Waals surface area contributed by atoms with Gasteiger partial charge in [-0.15, -0.1) is 0 Å². The Morgan fingerprint density at radius 2 is 1.32 bits per heavy atom. The summed E-state index contributed by atoms with van der Waals surface area (Å²) < 4.78 is 33.2. The third kappa shape index (κ3) is 7.15. The van der Waals surface area contributed by atoms with Gasteiger partial charge in [0.05, 0.1) is 0 Å². The first-order valence-electron chi connectivity index (χ1n) is 7.56. The molecule has 9 heteroatoms. The normalized spacial score (nSPS) is 14.3. The number of hydrogen-bond acceptors (Lipinski definition) is 7. The van der Waals surface area contributed by atoms with E-state index >= 15 is 0 Å². The highest BCUT2D eigenvalue weighted by Crippen LogP contribution is 2.21. The second-order valence-electron chi connectivity index (χ2n) is 5.24. The lowest BCUT2D eigenvalue weighted by molar-refractivity contribution is 0.0916. The van der Waals surface area contributed by atoms with Gasteiger partial charge >= 0.3 is 17.6 Å². The minimum atomic E-state index is -2.61. The van der Waals surface area contributed by atoms with Gasteiger partial charge in [0.1, 0.15) is 0 Å². The first-order chi connectivity index (χ1) is 10.5. The van der Waals surface area contributed by atoms with Gasteiger partial charge in [-0.25, -0.2) is 0 Å². The summed E-state index contributed by atoms with van der Waals surface area (Å²) in [6.45, 7) is 3.24. The maximum atomic E-state index is 5.95. The Hall–Kier alpha value is 0.154. The lowest BCUT2D eigenvalue weighted by atomic mass is 10.2. The molecule has 2 N–H and O–H groups in total. The van der Waals surface area contributed by atoms with Crippen molar-refractivity contribution in [1.82, 2.24) is 0 Å². The van der Waals surface area contributed by atoms with Crippen LogP contribution in [0.2, 0.25) is 12.1 Å². The molecule has 0 fully saturated rings. The van der Waals surface area contributed by atoms with E-state index in [1.165, 1.54) is 0 Å². The molecule has 0 aliphatic rings. The van der Waals surface area contributed by atoms with E-state index in [1.54, 1.807) is 35.5 Å². The van der Waals surface area contributed by atoms with Gasteiger partial charge < -0.3 is 32.3 Å². The van der Waals surface area contributed by atoms with Crippen LogP contribution in [0.4, 0.5) is 0 Å². The number of nitrogens with two attached hydrogens (primary N) is 1. The van der Waals surface area contributed by atoms with Gasteiger partial charge in [-0.3, -0.25) is 0 Å². The van der Waals surface area contributed by atoms with E-state index in [0.29, 0.717) is 19.1 Å². The van der Waals surface area contributed by atoms with Crippen molar-refractivity contribution in [2.45, 2.75) is 31.9 Å². The fourth-order valence-electron chi connectivity index (χ4n) is 2.16. The maximum Gasteiger partial charge on any atom is 0.500 e. The van der Waals surface area contributed by atoms with Crippen molar-refractivity contribution in [2.24, 2.45) is 11.7 Å². The minimum absolute atomic E-state index is 0.307. The van der Waals surface area contributed by atoms with Crippen molar-refractivity contribution in [2.75, 3.05) is 48.7 Å². The molecule has 0 rings (SSSR count). The molecule has 0 saturated heterocycles. The molecule has 0 aromatic heterocycles. The van der Waals surface area contributed by atoms with Crippen molar-refractivity contribution in [1.29, 1.82) is 0 Å². The van der Waals surface area contributed by atoms with Gasteiger partial charge in [-0.1, -0.05) is 6.92 Å². The van der Waals surface area contributed by atoms with Crippen LogP contribution in [0.5, 0.6) is 0 Å². The second kappa shape index (κ2) is 11.7. The van der Waals surface area contributed by atoms with E-state index in [4.69, 9.17) is 32.3 Å². The van der Waals surface area contributed by atoms with Crippen LogP contribution < -0.4 is 5.73 Å². The molecule has 0 spiro atoms. The maximum absolute atomic E-state index is 5.95. The molecule has 0 radical (unpaired) electrons. The summed E-state index contributed by atoms with van der Waals surface area (Å²) in [4.78, 5) is 0. The first-order valence-corrected chi connectivity index (χ1v) is 11.4. The Labute approximate surface area is 137 Å². The van der Waals surface area contributed by atoms with Crippen LogP contribution in [0.15, 0.2) is 0 Å². The zero-order valence-corrected chi connectivity index (χ0v) is 16.8. The second-order valence-corrected chi connectivity index (χ2v) is 11.2. The Kier molecular flexibility index (Phi) is 11.7. The van der Waals surface area contributed by atoms with Gasteiger partial charge in [0.25, 0.3) is 0 Å². The van der Waals surface area contributed by atoms with Crippen molar-refractivity contribution in [3.8, 4) is 0 Å².